The Morgan fingerprint density at radius 3 is 2.56 bits per heavy atom. The largest absolute Gasteiger partial charge is 0.365 e. The number of hydrogen-bond acceptors (Lipinski definition) is 5. The van der Waals surface area contributed by atoms with Crippen molar-refractivity contribution in [2.24, 2.45) is 5.73 Å². The lowest BCUT2D eigenvalue weighted by Crippen LogP contribution is -2.26. The van der Waals surface area contributed by atoms with E-state index in [1.165, 1.54) is 6.20 Å². The number of benzene rings is 1. The molecule has 1 aromatic carbocycles. The minimum Gasteiger partial charge on any atom is -0.365 e. The topological polar surface area (TPSA) is 111 Å². The van der Waals surface area contributed by atoms with Crippen LogP contribution in [-0.4, -0.2) is 48.1 Å². The van der Waals surface area contributed by atoms with Gasteiger partial charge in [0.2, 0.25) is 5.91 Å². The Labute approximate surface area is 185 Å². The molecule has 2 N–H and O–H groups in total. The van der Waals surface area contributed by atoms with Crippen LogP contribution in [-0.2, 0) is 17.8 Å². The quantitative estimate of drug-likeness (QED) is 0.482. The predicted molar refractivity (Wildman–Crippen MR) is 119 cm³/mol. The Morgan fingerprint density at radius 2 is 1.84 bits per heavy atom. The number of fused-ring (bicyclic) bond motifs is 1. The zero-order valence-corrected chi connectivity index (χ0v) is 18.3. The lowest BCUT2D eigenvalue weighted by atomic mass is 10.1. The summed E-state index contributed by atoms with van der Waals surface area (Å²) >= 11 is 0. The van der Waals surface area contributed by atoms with E-state index in [4.69, 9.17) is 5.73 Å². The predicted octanol–water partition coefficient (Wildman–Crippen LogP) is 2.22. The number of hydrogen-bond donors (Lipinski definition) is 1. The van der Waals surface area contributed by atoms with E-state index in [-0.39, 0.29) is 11.5 Å². The Bertz CT molecular complexity index is 1290. The van der Waals surface area contributed by atoms with Crippen molar-refractivity contribution in [1.29, 1.82) is 0 Å². The summed E-state index contributed by atoms with van der Waals surface area (Å²) in [6, 6.07) is 9.83. The zero-order chi connectivity index (χ0) is 22.8. The molecule has 0 unspecified atom stereocenters. The molecule has 32 heavy (non-hydrogen) atoms. The maximum absolute atomic E-state index is 12.8. The first-order valence-corrected chi connectivity index (χ1v) is 10.3. The van der Waals surface area contributed by atoms with Crippen molar-refractivity contribution in [1.82, 2.24) is 29.3 Å². The standard InChI is InChI=1S/C23H25N7O2/c1-15-19(16(2)30-23(27-15)20(12-26-30)22(24)32)9-10-21(31)28(3)13-17-11-25-29(14-17)18-7-5-4-6-8-18/h4-8,11-12,14H,9-10,13H2,1-3H3,(H2,24,32). The number of rotatable bonds is 7. The molecule has 0 fully saturated rings. The van der Waals surface area contributed by atoms with Crippen LogP contribution in [0.25, 0.3) is 11.3 Å². The van der Waals surface area contributed by atoms with Crippen LogP contribution in [0.2, 0.25) is 0 Å². The molecule has 0 atom stereocenters. The summed E-state index contributed by atoms with van der Waals surface area (Å²) in [6.07, 6.45) is 5.99. The molecule has 9 nitrogen and oxygen atoms in total. The van der Waals surface area contributed by atoms with Crippen molar-refractivity contribution in [3.05, 3.63) is 77.0 Å². The van der Waals surface area contributed by atoms with Gasteiger partial charge in [-0.3, -0.25) is 9.59 Å². The van der Waals surface area contributed by atoms with E-state index < -0.39 is 5.91 Å². The van der Waals surface area contributed by atoms with Crippen LogP contribution in [0.15, 0.2) is 48.9 Å². The van der Waals surface area contributed by atoms with Crippen LogP contribution < -0.4 is 5.73 Å². The average molecular weight is 432 g/mol. The third-order valence-corrected chi connectivity index (χ3v) is 5.57. The van der Waals surface area contributed by atoms with Gasteiger partial charge in [-0.2, -0.15) is 10.2 Å². The Hall–Kier alpha value is -4.01. The molecule has 9 heteroatoms. The van der Waals surface area contributed by atoms with Crippen LogP contribution in [0.1, 0.15) is 39.3 Å². The van der Waals surface area contributed by atoms with Gasteiger partial charge in [-0.1, -0.05) is 18.2 Å². The highest BCUT2D eigenvalue weighted by atomic mass is 16.2. The number of carbonyl (C=O) groups is 2. The maximum atomic E-state index is 12.8. The van der Waals surface area contributed by atoms with Crippen molar-refractivity contribution < 1.29 is 9.59 Å². The fourth-order valence-electron chi connectivity index (χ4n) is 3.80. The first-order chi connectivity index (χ1) is 15.3. The highest BCUT2D eigenvalue weighted by molar-refractivity contribution is 5.98. The number of para-hydroxylation sites is 1. The van der Waals surface area contributed by atoms with Gasteiger partial charge >= 0.3 is 0 Å². The number of aryl methyl sites for hydroxylation is 2. The van der Waals surface area contributed by atoms with E-state index >= 15 is 0 Å². The van der Waals surface area contributed by atoms with Gasteiger partial charge < -0.3 is 10.6 Å². The van der Waals surface area contributed by atoms with Gasteiger partial charge in [-0.05, 0) is 38.0 Å². The van der Waals surface area contributed by atoms with E-state index in [0.717, 1.165) is 28.2 Å². The summed E-state index contributed by atoms with van der Waals surface area (Å²) in [4.78, 5) is 30.6. The fraction of sp³-hybridized carbons (Fsp3) is 0.261. The van der Waals surface area contributed by atoms with Crippen molar-refractivity contribution in [2.75, 3.05) is 7.05 Å². The number of aromatic nitrogens is 5. The molecule has 164 valence electrons. The SMILES string of the molecule is Cc1nc2c(C(N)=O)cnn2c(C)c1CCC(=O)N(C)Cc1cnn(-c2ccccc2)c1. The maximum Gasteiger partial charge on any atom is 0.254 e. The molecular weight excluding hydrogens is 406 g/mol. The summed E-state index contributed by atoms with van der Waals surface area (Å²) in [5.74, 6) is -0.541. The zero-order valence-electron chi connectivity index (χ0n) is 18.3. The van der Waals surface area contributed by atoms with Gasteiger partial charge in [-0.25, -0.2) is 14.2 Å². The summed E-state index contributed by atoms with van der Waals surface area (Å²) in [5, 5.41) is 8.62. The number of carbonyl (C=O) groups excluding carboxylic acids is 2. The lowest BCUT2D eigenvalue weighted by molar-refractivity contribution is -0.130. The molecule has 4 aromatic rings. The van der Waals surface area contributed by atoms with E-state index in [0.29, 0.717) is 25.0 Å². The van der Waals surface area contributed by atoms with Crippen LogP contribution in [0.3, 0.4) is 0 Å². The molecule has 3 heterocycles. The molecule has 0 bridgehead atoms. The van der Waals surface area contributed by atoms with Crippen molar-refractivity contribution in [2.45, 2.75) is 33.2 Å². The highest BCUT2D eigenvalue weighted by Gasteiger charge is 2.18. The average Bonchev–Trinajstić information content (AvgIpc) is 3.41. The molecule has 4 rings (SSSR count). The molecule has 0 saturated carbocycles. The van der Waals surface area contributed by atoms with Crippen molar-refractivity contribution in [3.8, 4) is 5.69 Å². The molecule has 0 radical (unpaired) electrons. The van der Waals surface area contributed by atoms with Crippen molar-refractivity contribution >= 4 is 17.5 Å². The number of nitrogens with two attached hydrogens (primary N) is 1. The molecule has 3 aromatic heterocycles. The number of amides is 2. The smallest absolute Gasteiger partial charge is 0.254 e. The van der Waals surface area contributed by atoms with Crippen molar-refractivity contribution in [3.63, 3.8) is 0 Å². The lowest BCUT2D eigenvalue weighted by Gasteiger charge is -2.17. The van der Waals surface area contributed by atoms with Crippen LogP contribution in [0.5, 0.6) is 0 Å². The third kappa shape index (κ3) is 4.09. The summed E-state index contributed by atoms with van der Waals surface area (Å²) < 4.78 is 3.40. The minimum atomic E-state index is -0.563. The third-order valence-electron chi connectivity index (χ3n) is 5.57. The second kappa shape index (κ2) is 8.62. The molecule has 0 aliphatic carbocycles. The van der Waals surface area contributed by atoms with E-state index in [9.17, 15) is 9.59 Å². The Balaban J connectivity index is 1.43. The number of nitrogens with zero attached hydrogens (tertiary/aromatic N) is 6. The van der Waals surface area contributed by atoms with Gasteiger partial charge in [0, 0.05) is 43.2 Å². The second-order valence-electron chi connectivity index (χ2n) is 7.80. The summed E-state index contributed by atoms with van der Waals surface area (Å²) in [7, 11) is 1.79. The first kappa shape index (κ1) is 21.2. The minimum absolute atomic E-state index is 0.0228. The van der Waals surface area contributed by atoms with Crippen LogP contribution in [0.4, 0.5) is 0 Å². The summed E-state index contributed by atoms with van der Waals surface area (Å²) in [5.41, 5.74) is 10.6. The van der Waals surface area contributed by atoms with Crippen LogP contribution >= 0.6 is 0 Å². The number of primary amides is 1. The Morgan fingerprint density at radius 1 is 1.09 bits per heavy atom. The summed E-state index contributed by atoms with van der Waals surface area (Å²) in [6.45, 7) is 4.25. The van der Waals surface area contributed by atoms with Crippen LogP contribution in [0, 0.1) is 13.8 Å². The molecule has 0 saturated heterocycles. The molecule has 0 spiro atoms. The first-order valence-electron chi connectivity index (χ1n) is 10.3. The van der Waals surface area contributed by atoms with Gasteiger partial charge in [-0.15, -0.1) is 0 Å². The van der Waals surface area contributed by atoms with Gasteiger partial charge in [0.15, 0.2) is 5.65 Å². The molecular formula is C23H25N7O2. The van der Waals surface area contributed by atoms with E-state index in [1.807, 2.05) is 50.4 Å². The van der Waals surface area contributed by atoms with E-state index in [2.05, 4.69) is 15.2 Å². The molecule has 2 amide bonds. The molecule has 0 aliphatic heterocycles. The van der Waals surface area contributed by atoms with Gasteiger partial charge in [0.25, 0.3) is 5.91 Å². The second-order valence-corrected chi connectivity index (χ2v) is 7.80. The van der Waals surface area contributed by atoms with E-state index in [1.54, 1.807) is 27.3 Å². The molecule has 0 aliphatic rings. The van der Waals surface area contributed by atoms with Gasteiger partial charge in [0.1, 0.15) is 5.56 Å². The normalized spacial score (nSPS) is 11.1. The monoisotopic (exact) mass is 431 g/mol. The Kier molecular flexibility index (Phi) is 5.72. The van der Waals surface area contributed by atoms with Gasteiger partial charge in [0.05, 0.1) is 18.1 Å². The fourth-order valence-corrected chi connectivity index (χ4v) is 3.80. The highest BCUT2D eigenvalue weighted by Crippen LogP contribution is 2.19.